The summed E-state index contributed by atoms with van der Waals surface area (Å²) in [6, 6.07) is 20.3. The van der Waals surface area contributed by atoms with Crippen molar-refractivity contribution >= 4 is 0 Å². The van der Waals surface area contributed by atoms with Gasteiger partial charge in [0.15, 0.2) is 0 Å². The number of benzene rings is 2. The van der Waals surface area contributed by atoms with E-state index in [1.165, 1.54) is 23.1 Å². The Balaban J connectivity index is 1.26. The lowest BCUT2D eigenvalue weighted by molar-refractivity contribution is 0.549. The minimum atomic E-state index is 0.369. The normalized spacial score (nSPS) is 23.7. The fourth-order valence-electron chi connectivity index (χ4n) is 4.53. The quantitative estimate of drug-likeness (QED) is 0.445. The topological polar surface area (TPSA) is 12.0 Å². The first-order valence-electron chi connectivity index (χ1n) is 11.5. The van der Waals surface area contributed by atoms with Crippen molar-refractivity contribution in [1.29, 1.82) is 0 Å². The molecule has 2 aromatic rings. The number of allylic oxidation sites excluding steroid dienone is 7. The van der Waals surface area contributed by atoms with Crippen LogP contribution in [0.1, 0.15) is 60.1 Å². The van der Waals surface area contributed by atoms with Gasteiger partial charge in [0, 0.05) is 23.8 Å². The fourth-order valence-corrected chi connectivity index (χ4v) is 4.53. The number of hydrogen-bond acceptors (Lipinski definition) is 1. The van der Waals surface area contributed by atoms with Gasteiger partial charge in [0.25, 0.3) is 0 Å². The summed E-state index contributed by atoms with van der Waals surface area (Å²) in [5.74, 6) is 1.43. The van der Waals surface area contributed by atoms with Gasteiger partial charge in [0.2, 0.25) is 0 Å². The van der Waals surface area contributed by atoms with Crippen LogP contribution in [0.15, 0.2) is 116 Å². The van der Waals surface area contributed by atoms with Gasteiger partial charge in [0.1, 0.15) is 0 Å². The maximum absolute atomic E-state index is 4.00. The molecule has 2 aliphatic rings. The molecule has 4 unspecified atom stereocenters. The Labute approximate surface area is 187 Å². The van der Waals surface area contributed by atoms with E-state index in [-0.39, 0.29) is 0 Å². The molecule has 4 atom stereocenters. The van der Waals surface area contributed by atoms with Crippen LogP contribution < -0.4 is 5.32 Å². The summed E-state index contributed by atoms with van der Waals surface area (Å²) in [5, 5.41) is 3.56. The minimum absolute atomic E-state index is 0.369. The van der Waals surface area contributed by atoms with Crippen molar-refractivity contribution in [2.45, 2.75) is 49.5 Å². The molecule has 0 spiro atoms. The van der Waals surface area contributed by atoms with Crippen LogP contribution in [-0.4, -0.2) is 6.04 Å². The Morgan fingerprint density at radius 3 is 2.29 bits per heavy atom. The lowest BCUT2D eigenvalue weighted by atomic mass is 9.85. The number of nitrogens with one attached hydrogen (secondary N) is 1. The van der Waals surface area contributed by atoms with Crippen molar-refractivity contribution in [3.05, 3.63) is 133 Å². The van der Waals surface area contributed by atoms with Crippen LogP contribution in [0.5, 0.6) is 0 Å². The van der Waals surface area contributed by atoms with Crippen LogP contribution in [0.25, 0.3) is 0 Å². The van der Waals surface area contributed by atoms with Crippen molar-refractivity contribution in [3.8, 4) is 0 Å². The third-order valence-corrected chi connectivity index (χ3v) is 6.47. The summed E-state index contributed by atoms with van der Waals surface area (Å²) < 4.78 is 0. The monoisotopic (exact) mass is 407 g/mol. The highest BCUT2D eigenvalue weighted by Gasteiger charge is 2.17. The molecule has 1 heteroatoms. The molecular formula is C30H33N. The first-order valence-corrected chi connectivity index (χ1v) is 11.5. The predicted molar refractivity (Wildman–Crippen MR) is 133 cm³/mol. The summed E-state index contributed by atoms with van der Waals surface area (Å²) >= 11 is 0. The van der Waals surface area contributed by atoms with Crippen LogP contribution in [0.4, 0.5) is 0 Å². The highest BCUT2D eigenvalue weighted by atomic mass is 14.9. The van der Waals surface area contributed by atoms with Crippen molar-refractivity contribution < 1.29 is 0 Å². The van der Waals surface area contributed by atoms with E-state index in [2.05, 4.69) is 115 Å². The second-order valence-corrected chi connectivity index (χ2v) is 8.55. The molecule has 0 aromatic heterocycles. The van der Waals surface area contributed by atoms with E-state index in [4.69, 9.17) is 0 Å². The summed E-state index contributed by atoms with van der Waals surface area (Å²) in [5.41, 5.74) is 4.17. The van der Waals surface area contributed by atoms with Crippen LogP contribution in [0.2, 0.25) is 0 Å². The first-order chi connectivity index (χ1) is 15.3. The molecule has 0 bridgehead atoms. The standard InChI is InChI=1S/C30H33N/c1-2-24(25-10-5-3-6-11-25)14-9-23-31-30-21-19-29(20-22-30)28-17-15-27(16-18-28)26-12-7-4-8-13-26/h2-12,15-19,21,23-24,26,29-31H,1,13-14,20,22H2/b23-9+. The van der Waals surface area contributed by atoms with Gasteiger partial charge in [0.05, 0.1) is 0 Å². The van der Waals surface area contributed by atoms with Crippen molar-refractivity contribution in [2.24, 2.45) is 0 Å². The van der Waals surface area contributed by atoms with E-state index in [0.29, 0.717) is 23.8 Å². The molecule has 0 fully saturated rings. The van der Waals surface area contributed by atoms with Gasteiger partial charge in [-0.2, -0.15) is 0 Å². The molecular weight excluding hydrogens is 374 g/mol. The van der Waals surface area contributed by atoms with E-state index in [1.807, 2.05) is 6.08 Å². The molecule has 31 heavy (non-hydrogen) atoms. The minimum Gasteiger partial charge on any atom is -0.385 e. The van der Waals surface area contributed by atoms with Crippen molar-refractivity contribution in [3.63, 3.8) is 0 Å². The van der Waals surface area contributed by atoms with Gasteiger partial charge >= 0.3 is 0 Å². The molecule has 0 saturated carbocycles. The van der Waals surface area contributed by atoms with E-state index >= 15 is 0 Å². The second-order valence-electron chi connectivity index (χ2n) is 8.55. The zero-order valence-electron chi connectivity index (χ0n) is 18.2. The summed E-state index contributed by atoms with van der Waals surface area (Å²) in [6.45, 7) is 4.00. The number of rotatable bonds is 8. The molecule has 0 heterocycles. The van der Waals surface area contributed by atoms with E-state index < -0.39 is 0 Å². The van der Waals surface area contributed by atoms with Crippen molar-refractivity contribution in [2.75, 3.05) is 0 Å². The molecule has 1 nitrogen and oxygen atoms in total. The predicted octanol–water partition coefficient (Wildman–Crippen LogP) is 7.55. The largest absolute Gasteiger partial charge is 0.385 e. The fraction of sp³-hybridized carbons (Fsp3) is 0.267. The highest BCUT2D eigenvalue weighted by molar-refractivity contribution is 5.34. The van der Waals surface area contributed by atoms with Crippen LogP contribution in [0, 0.1) is 0 Å². The summed E-state index contributed by atoms with van der Waals surface area (Å²) in [6.07, 6.45) is 24.4. The van der Waals surface area contributed by atoms with Gasteiger partial charge in [-0.3, -0.25) is 0 Å². The van der Waals surface area contributed by atoms with E-state index in [1.54, 1.807) is 0 Å². The molecule has 0 aliphatic heterocycles. The molecule has 158 valence electrons. The lowest BCUT2D eigenvalue weighted by Crippen LogP contribution is -2.25. The van der Waals surface area contributed by atoms with Crippen LogP contribution in [0.3, 0.4) is 0 Å². The molecule has 2 aromatic carbocycles. The third-order valence-electron chi connectivity index (χ3n) is 6.47. The molecule has 0 radical (unpaired) electrons. The van der Waals surface area contributed by atoms with E-state index in [0.717, 1.165) is 19.3 Å². The van der Waals surface area contributed by atoms with Gasteiger partial charge < -0.3 is 5.32 Å². The maximum atomic E-state index is 4.00. The smallest absolute Gasteiger partial charge is 0.0439 e. The molecule has 4 rings (SSSR count). The average molecular weight is 408 g/mol. The van der Waals surface area contributed by atoms with Crippen molar-refractivity contribution in [1.82, 2.24) is 5.32 Å². The Hall–Kier alpha value is -3.06. The van der Waals surface area contributed by atoms with E-state index in [9.17, 15) is 0 Å². The summed E-state index contributed by atoms with van der Waals surface area (Å²) in [4.78, 5) is 0. The lowest BCUT2D eigenvalue weighted by Gasteiger charge is -2.24. The van der Waals surface area contributed by atoms with Crippen LogP contribution >= 0.6 is 0 Å². The molecule has 0 saturated heterocycles. The molecule has 2 aliphatic carbocycles. The van der Waals surface area contributed by atoms with Gasteiger partial charge in [-0.05, 0) is 48.6 Å². The summed E-state index contributed by atoms with van der Waals surface area (Å²) in [7, 11) is 0. The second kappa shape index (κ2) is 10.8. The average Bonchev–Trinajstić information content (AvgIpc) is 2.86. The number of hydrogen-bond donors (Lipinski definition) is 1. The zero-order valence-corrected chi connectivity index (χ0v) is 18.2. The zero-order chi connectivity index (χ0) is 21.3. The maximum Gasteiger partial charge on any atom is 0.0439 e. The SMILES string of the molecule is C=CC(C/C=C/NC1C=CC(c2ccc(C3C=CC=CC3)cc2)CC1)c1ccccc1. The Morgan fingerprint density at radius 2 is 1.65 bits per heavy atom. The molecule has 1 N–H and O–H groups in total. The van der Waals surface area contributed by atoms with Gasteiger partial charge in [-0.25, -0.2) is 0 Å². The van der Waals surface area contributed by atoms with Gasteiger partial charge in [-0.1, -0.05) is 103 Å². The van der Waals surface area contributed by atoms with Crippen LogP contribution in [-0.2, 0) is 0 Å². The third kappa shape index (κ3) is 5.76. The van der Waals surface area contributed by atoms with Gasteiger partial charge in [-0.15, -0.1) is 6.58 Å². The first kappa shape index (κ1) is 21.2. The highest BCUT2D eigenvalue weighted by Crippen LogP contribution is 2.31. The Morgan fingerprint density at radius 1 is 0.871 bits per heavy atom. The molecule has 0 amide bonds. The Bertz CT molecular complexity index is 946. The Kier molecular flexibility index (Phi) is 7.39.